The van der Waals surface area contributed by atoms with Crippen LogP contribution in [0.1, 0.15) is 16.7 Å². The van der Waals surface area contributed by atoms with E-state index in [1.807, 2.05) is 60.1 Å². The van der Waals surface area contributed by atoms with Crippen LogP contribution in [0.15, 0.2) is 77.3 Å². The number of imidazole rings is 1. The van der Waals surface area contributed by atoms with Crippen LogP contribution in [0.5, 0.6) is 0 Å². The highest BCUT2D eigenvalue weighted by atomic mass is 16.4. The molecule has 0 saturated heterocycles. The molecular formula is C22H20N6O2. The Morgan fingerprint density at radius 3 is 1.87 bits per heavy atom. The lowest BCUT2D eigenvalue weighted by Gasteiger charge is -2.06. The largest absolute Gasteiger partial charge is 0.409 e. The van der Waals surface area contributed by atoms with Crippen LogP contribution < -0.4 is 11.5 Å². The molecule has 0 atom stereocenters. The zero-order chi connectivity index (χ0) is 21.3. The molecule has 0 spiro atoms. The summed E-state index contributed by atoms with van der Waals surface area (Å²) in [5.41, 5.74) is 18.2. The molecule has 2 aromatic carbocycles. The Hall–Kier alpha value is -4.33. The summed E-state index contributed by atoms with van der Waals surface area (Å²) >= 11 is 0. The number of nitrogens with zero attached hydrogens (tertiary/aromatic N) is 4. The molecule has 4 aromatic rings. The van der Waals surface area contributed by atoms with Crippen LogP contribution in [-0.2, 0) is 0 Å². The fourth-order valence-corrected chi connectivity index (χ4v) is 3.33. The van der Waals surface area contributed by atoms with Gasteiger partial charge in [0.2, 0.25) is 0 Å². The van der Waals surface area contributed by atoms with E-state index in [1.54, 1.807) is 12.1 Å². The number of hydrogen-bond donors (Lipinski definition) is 4. The monoisotopic (exact) mass is 400 g/mol. The predicted molar refractivity (Wildman–Crippen MR) is 116 cm³/mol. The molecule has 8 nitrogen and oxygen atoms in total. The second-order valence-corrected chi connectivity index (χ2v) is 6.89. The zero-order valence-electron chi connectivity index (χ0n) is 16.2. The van der Waals surface area contributed by atoms with Crippen molar-refractivity contribution in [3.05, 3.63) is 83.7 Å². The molecule has 0 aliphatic heterocycles. The van der Waals surface area contributed by atoms with Crippen molar-refractivity contribution in [1.82, 2.24) is 9.38 Å². The highest BCUT2D eigenvalue weighted by molar-refractivity contribution is 5.98. The molecule has 0 aliphatic rings. The zero-order valence-corrected chi connectivity index (χ0v) is 16.2. The third-order valence-corrected chi connectivity index (χ3v) is 4.94. The first-order valence-corrected chi connectivity index (χ1v) is 9.16. The van der Waals surface area contributed by atoms with Gasteiger partial charge < -0.3 is 26.3 Å². The molecule has 2 heterocycles. The van der Waals surface area contributed by atoms with Gasteiger partial charge in [0.1, 0.15) is 5.65 Å². The van der Waals surface area contributed by atoms with Gasteiger partial charge in [-0.15, -0.1) is 0 Å². The Balaban J connectivity index is 1.71. The third kappa shape index (κ3) is 3.42. The topological polar surface area (TPSA) is 135 Å². The molecule has 6 N–H and O–H groups in total. The smallest absolute Gasteiger partial charge is 0.170 e. The van der Waals surface area contributed by atoms with Crippen LogP contribution >= 0.6 is 0 Å². The first-order valence-electron chi connectivity index (χ1n) is 9.16. The molecule has 30 heavy (non-hydrogen) atoms. The SMILES string of the molecule is Cc1cc(-c2ccc(/C(N)=N\O)cc2)cn2cc(-c3ccc(/C(N)=N/O)cc3)nc12. The number of pyridine rings is 1. The standard InChI is InChI=1S/C22H20N6O2/c1-13-10-18(14-2-6-16(7-3-14)20(23)26-29)11-28-12-19(25-22(13)28)15-4-8-17(9-5-15)21(24)27-30/h2-12,29-30H,1H3,(H2,23,26)(H2,24,27). The molecule has 2 aromatic heterocycles. The third-order valence-electron chi connectivity index (χ3n) is 4.94. The molecule has 0 radical (unpaired) electrons. The van der Waals surface area contributed by atoms with Crippen molar-refractivity contribution in [2.75, 3.05) is 0 Å². The average Bonchev–Trinajstić information content (AvgIpc) is 3.23. The van der Waals surface area contributed by atoms with Crippen LogP contribution in [0.2, 0.25) is 0 Å². The second-order valence-electron chi connectivity index (χ2n) is 6.89. The molecule has 8 heteroatoms. The quantitative estimate of drug-likeness (QED) is 0.181. The maximum Gasteiger partial charge on any atom is 0.170 e. The van der Waals surface area contributed by atoms with Gasteiger partial charge in [-0.2, -0.15) is 0 Å². The van der Waals surface area contributed by atoms with Crippen molar-refractivity contribution >= 4 is 17.3 Å². The Labute approximate surface area is 172 Å². The molecule has 0 fully saturated rings. The minimum atomic E-state index is 0.0649. The van der Waals surface area contributed by atoms with Gasteiger partial charge in [-0.25, -0.2) is 4.98 Å². The normalized spacial score (nSPS) is 12.4. The number of aromatic nitrogens is 2. The first-order chi connectivity index (χ1) is 14.5. The maximum absolute atomic E-state index is 8.81. The average molecular weight is 400 g/mol. The van der Waals surface area contributed by atoms with Crippen LogP contribution in [-0.4, -0.2) is 31.5 Å². The van der Waals surface area contributed by atoms with E-state index < -0.39 is 0 Å². The van der Waals surface area contributed by atoms with Crippen molar-refractivity contribution in [1.29, 1.82) is 0 Å². The molecule has 0 aliphatic carbocycles. The van der Waals surface area contributed by atoms with Crippen LogP contribution in [0.25, 0.3) is 28.0 Å². The second kappa shape index (κ2) is 7.59. The summed E-state index contributed by atoms with van der Waals surface area (Å²) in [6.45, 7) is 2.02. The van der Waals surface area contributed by atoms with Crippen molar-refractivity contribution in [3.8, 4) is 22.4 Å². The molecular weight excluding hydrogens is 380 g/mol. The van der Waals surface area contributed by atoms with E-state index >= 15 is 0 Å². The number of hydrogen-bond acceptors (Lipinski definition) is 5. The van der Waals surface area contributed by atoms with Gasteiger partial charge in [0.05, 0.1) is 5.69 Å². The minimum absolute atomic E-state index is 0.0649. The number of benzene rings is 2. The Morgan fingerprint density at radius 1 is 0.800 bits per heavy atom. The van der Waals surface area contributed by atoms with Gasteiger partial charge in [0.15, 0.2) is 11.7 Å². The van der Waals surface area contributed by atoms with Crippen LogP contribution in [0, 0.1) is 6.92 Å². The number of nitrogens with two attached hydrogens (primary N) is 2. The van der Waals surface area contributed by atoms with Crippen molar-refractivity contribution < 1.29 is 10.4 Å². The predicted octanol–water partition coefficient (Wildman–Crippen LogP) is 3.17. The molecule has 150 valence electrons. The fourth-order valence-electron chi connectivity index (χ4n) is 3.33. The lowest BCUT2D eigenvalue weighted by atomic mass is 10.0. The van der Waals surface area contributed by atoms with Crippen molar-refractivity contribution in [3.63, 3.8) is 0 Å². The van der Waals surface area contributed by atoms with Gasteiger partial charge in [0, 0.05) is 29.1 Å². The Kier molecular flexibility index (Phi) is 4.81. The van der Waals surface area contributed by atoms with Crippen molar-refractivity contribution in [2.45, 2.75) is 6.92 Å². The highest BCUT2D eigenvalue weighted by Gasteiger charge is 2.10. The van der Waals surface area contributed by atoms with Crippen LogP contribution in [0.4, 0.5) is 0 Å². The number of fused-ring (bicyclic) bond motifs is 1. The van der Waals surface area contributed by atoms with E-state index in [0.717, 1.165) is 33.6 Å². The molecule has 0 bridgehead atoms. The summed E-state index contributed by atoms with van der Waals surface area (Å²) in [6, 6.07) is 16.9. The summed E-state index contributed by atoms with van der Waals surface area (Å²) in [5, 5.41) is 23.6. The number of aryl methyl sites for hydroxylation is 1. The van der Waals surface area contributed by atoms with Gasteiger partial charge in [0.25, 0.3) is 0 Å². The van der Waals surface area contributed by atoms with Crippen LogP contribution in [0.3, 0.4) is 0 Å². The summed E-state index contributed by atoms with van der Waals surface area (Å²) in [5.74, 6) is 0.139. The molecule has 0 amide bonds. The summed E-state index contributed by atoms with van der Waals surface area (Å²) < 4.78 is 1.99. The lowest BCUT2D eigenvalue weighted by molar-refractivity contribution is 0.318. The summed E-state index contributed by atoms with van der Waals surface area (Å²) in [4.78, 5) is 4.75. The Bertz CT molecular complexity index is 1270. The summed E-state index contributed by atoms with van der Waals surface area (Å²) in [6.07, 6.45) is 3.98. The van der Waals surface area contributed by atoms with Gasteiger partial charge >= 0.3 is 0 Å². The van der Waals surface area contributed by atoms with E-state index in [0.29, 0.717) is 11.1 Å². The van der Waals surface area contributed by atoms with E-state index in [9.17, 15) is 0 Å². The maximum atomic E-state index is 8.81. The lowest BCUT2D eigenvalue weighted by Crippen LogP contribution is -2.12. The number of oxime groups is 2. The first kappa shape index (κ1) is 19.0. The van der Waals surface area contributed by atoms with E-state index in [-0.39, 0.29) is 11.7 Å². The number of rotatable bonds is 4. The number of amidine groups is 2. The van der Waals surface area contributed by atoms with E-state index in [2.05, 4.69) is 16.4 Å². The summed E-state index contributed by atoms with van der Waals surface area (Å²) in [7, 11) is 0. The van der Waals surface area contributed by atoms with E-state index in [4.69, 9.17) is 26.9 Å². The minimum Gasteiger partial charge on any atom is -0.409 e. The Morgan fingerprint density at radius 2 is 1.33 bits per heavy atom. The highest BCUT2D eigenvalue weighted by Crippen LogP contribution is 2.26. The van der Waals surface area contributed by atoms with Gasteiger partial charge in [-0.1, -0.05) is 58.8 Å². The fraction of sp³-hybridized carbons (Fsp3) is 0.0455. The van der Waals surface area contributed by atoms with Gasteiger partial charge in [-0.3, -0.25) is 0 Å². The van der Waals surface area contributed by atoms with Gasteiger partial charge in [-0.05, 0) is 29.7 Å². The molecule has 0 saturated carbocycles. The van der Waals surface area contributed by atoms with Crippen molar-refractivity contribution in [2.24, 2.45) is 21.8 Å². The molecule has 4 rings (SSSR count). The van der Waals surface area contributed by atoms with E-state index in [1.165, 1.54) is 0 Å². The molecule has 0 unspecified atom stereocenters.